The first kappa shape index (κ1) is 9.65. The van der Waals surface area contributed by atoms with Gasteiger partial charge in [0.1, 0.15) is 5.58 Å². The van der Waals surface area contributed by atoms with Gasteiger partial charge in [-0.15, -0.1) is 0 Å². The maximum atomic E-state index is 11.5. The van der Waals surface area contributed by atoms with E-state index < -0.39 is 5.63 Å². The molecule has 0 N–H and O–H groups in total. The third kappa shape index (κ3) is 1.46. The number of hydrogen-bond donors (Lipinski definition) is 0. The quantitative estimate of drug-likeness (QED) is 0.526. The summed E-state index contributed by atoms with van der Waals surface area (Å²) in [5.41, 5.74) is 0.847. The van der Waals surface area contributed by atoms with E-state index in [1.54, 1.807) is 25.1 Å². The molecule has 76 valence electrons. The van der Waals surface area contributed by atoms with Crippen molar-refractivity contribution in [3.63, 3.8) is 0 Å². The second-order valence-electron chi connectivity index (χ2n) is 3.44. The van der Waals surface area contributed by atoms with Crippen LogP contribution in [0.5, 0.6) is 0 Å². The molecule has 0 saturated carbocycles. The highest BCUT2D eigenvalue weighted by molar-refractivity contribution is 6.06. The number of carbonyl (C=O) groups excluding carboxylic acids is 1. The Labute approximate surface area is 86.3 Å². The van der Waals surface area contributed by atoms with Crippen LogP contribution in [0.3, 0.4) is 0 Å². The minimum absolute atomic E-state index is 0.114. The third-order valence-electron chi connectivity index (χ3n) is 2.39. The summed E-state index contributed by atoms with van der Waals surface area (Å²) in [7, 11) is 0. The summed E-state index contributed by atoms with van der Waals surface area (Å²) in [4.78, 5) is 22.9. The summed E-state index contributed by atoms with van der Waals surface area (Å²) in [5, 5.41) is 0.696. The van der Waals surface area contributed by atoms with E-state index >= 15 is 0 Å². The molecule has 0 unspecified atom stereocenters. The van der Waals surface area contributed by atoms with Gasteiger partial charge in [-0.1, -0.05) is 18.2 Å². The van der Waals surface area contributed by atoms with Crippen LogP contribution in [-0.4, -0.2) is 5.78 Å². The Morgan fingerprint density at radius 3 is 2.60 bits per heavy atom. The molecule has 0 amide bonds. The van der Waals surface area contributed by atoms with Crippen molar-refractivity contribution < 1.29 is 9.21 Å². The van der Waals surface area contributed by atoms with Crippen LogP contribution in [0.4, 0.5) is 0 Å². The van der Waals surface area contributed by atoms with E-state index in [1.165, 1.54) is 6.92 Å². The van der Waals surface area contributed by atoms with Gasteiger partial charge in [0.15, 0.2) is 5.78 Å². The first-order valence-electron chi connectivity index (χ1n) is 4.64. The van der Waals surface area contributed by atoms with Crippen LogP contribution in [-0.2, 0) is 0 Å². The Balaban J connectivity index is 3.02. The van der Waals surface area contributed by atoms with Gasteiger partial charge in [0.2, 0.25) is 0 Å². The number of Topliss-reactive ketones (excluding diaryl/α,β-unsaturated/α-hetero) is 1. The summed E-state index contributed by atoms with van der Waals surface area (Å²) < 4.78 is 5.08. The molecule has 0 atom stereocenters. The summed E-state index contributed by atoms with van der Waals surface area (Å²) in [6.45, 7) is 3.06. The highest BCUT2D eigenvalue weighted by Crippen LogP contribution is 2.19. The van der Waals surface area contributed by atoms with Crippen molar-refractivity contribution in [1.82, 2.24) is 0 Å². The van der Waals surface area contributed by atoms with E-state index in [4.69, 9.17) is 4.42 Å². The van der Waals surface area contributed by atoms with E-state index in [0.717, 1.165) is 0 Å². The van der Waals surface area contributed by atoms with Crippen LogP contribution in [0.15, 0.2) is 33.5 Å². The van der Waals surface area contributed by atoms with Crippen molar-refractivity contribution in [3.05, 3.63) is 45.8 Å². The molecular weight excluding hydrogens is 192 g/mol. The van der Waals surface area contributed by atoms with Crippen LogP contribution in [0.25, 0.3) is 11.0 Å². The molecule has 1 aromatic heterocycles. The average molecular weight is 202 g/mol. The molecule has 0 spiro atoms. The smallest absolute Gasteiger partial charge is 0.339 e. The second-order valence-corrected chi connectivity index (χ2v) is 3.44. The summed E-state index contributed by atoms with van der Waals surface area (Å²) >= 11 is 0. The van der Waals surface area contributed by atoms with Crippen LogP contribution in [0.2, 0.25) is 0 Å². The zero-order chi connectivity index (χ0) is 11.0. The predicted octanol–water partition coefficient (Wildman–Crippen LogP) is 2.30. The molecule has 1 aromatic carbocycles. The first-order valence-corrected chi connectivity index (χ1v) is 4.64. The van der Waals surface area contributed by atoms with Crippen molar-refractivity contribution in [3.8, 4) is 0 Å². The molecule has 0 aliphatic carbocycles. The number of ketones is 1. The van der Waals surface area contributed by atoms with Crippen molar-refractivity contribution in [1.29, 1.82) is 0 Å². The number of hydrogen-bond acceptors (Lipinski definition) is 3. The molecule has 2 aromatic rings. The molecule has 0 saturated heterocycles. The minimum Gasteiger partial charge on any atom is -0.422 e. The van der Waals surface area contributed by atoms with E-state index in [9.17, 15) is 9.59 Å². The lowest BCUT2D eigenvalue weighted by Crippen LogP contribution is -2.10. The number of fused-ring (bicyclic) bond motifs is 1. The summed E-state index contributed by atoms with van der Waals surface area (Å²) in [6, 6.07) is 7.04. The molecule has 0 aliphatic heterocycles. The second kappa shape index (κ2) is 3.35. The number of rotatable bonds is 1. The van der Waals surface area contributed by atoms with Gasteiger partial charge in [0.05, 0.1) is 0 Å². The Bertz CT molecular complexity index is 593. The van der Waals surface area contributed by atoms with E-state index in [2.05, 4.69) is 0 Å². The summed E-state index contributed by atoms with van der Waals surface area (Å²) in [5.74, 6) is -0.114. The lowest BCUT2D eigenvalue weighted by atomic mass is 10.0. The average Bonchev–Trinajstić information content (AvgIpc) is 2.19. The third-order valence-corrected chi connectivity index (χ3v) is 2.39. The van der Waals surface area contributed by atoms with Gasteiger partial charge in [-0.3, -0.25) is 4.79 Å². The lowest BCUT2D eigenvalue weighted by Gasteiger charge is -2.04. The molecular formula is C12H10O3. The van der Waals surface area contributed by atoms with Crippen molar-refractivity contribution in [2.45, 2.75) is 13.8 Å². The number of para-hydroxylation sites is 1. The van der Waals surface area contributed by atoms with Gasteiger partial charge in [-0.05, 0) is 19.9 Å². The van der Waals surface area contributed by atoms with Crippen molar-refractivity contribution in [2.24, 2.45) is 0 Å². The molecule has 0 radical (unpaired) electrons. The van der Waals surface area contributed by atoms with Gasteiger partial charge in [-0.2, -0.15) is 0 Å². The fraction of sp³-hybridized carbons (Fsp3) is 0.167. The maximum Gasteiger partial charge on any atom is 0.339 e. The Morgan fingerprint density at radius 1 is 1.27 bits per heavy atom. The van der Waals surface area contributed by atoms with E-state index in [1.807, 2.05) is 6.07 Å². The minimum atomic E-state index is -0.445. The summed E-state index contributed by atoms with van der Waals surface area (Å²) in [6.07, 6.45) is 0. The normalized spacial score (nSPS) is 10.5. The van der Waals surface area contributed by atoms with Gasteiger partial charge in [-0.25, -0.2) is 4.79 Å². The fourth-order valence-electron chi connectivity index (χ4n) is 1.70. The molecule has 0 aliphatic rings. The Kier molecular flexibility index (Phi) is 2.15. The predicted molar refractivity (Wildman–Crippen MR) is 57.2 cm³/mol. The van der Waals surface area contributed by atoms with E-state index in [0.29, 0.717) is 22.1 Å². The van der Waals surface area contributed by atoms with Gasteiger partial charge < -0.3 is 4.42 Å². The molecule has 3 nitrogen and oxygen atoms in total. The molecule has 1 heterocycles. The monoisotopic (exact) mass is 202 g/mol. The zero-order valence-corrected chi connectivity index (χ0v) is 8.53. The highest BCUT2D eigenvalue weighted by atomic mass is 16.4. The fourth-order valence-corrected chi connectivity index (χ4v) is 1.70. The topological polar surface area (TPSA) is 47.3 Å². The molecule has 0 fully saturated rings. The number of carbonyl (C=O) groups is 1. The lowest BCUT2D eigenvalue weighted by molar-refractivity contribution is 0.101. The largest absolute Gasteiger partial charge is 0.422 e. The standard InChI is InChI=1S/C12H10O3/c1-7-11(8(2)13)9-5-3-4-6-10(9)15-12(7)14/h3-6H,1-2H3. The number of benzene rings is 1. The molecule has 3 heteroatoms. The van der Waals surface area contributed by atoms with E-state index in [-0.39, 0.29) is 5.78 Å². The molecule has 2 rings (SSSR count). The SMILES string of the molecule is CC(=O)c1c(C)c(=O)oc2ccccc12. The van der Waals surface area contributed by atoms with Crippen molar-refractivity contribution >= 4 is 16.8 Å². The maximum absolute atomic E-state index is 11.5. The van der Waals surface area contributed by atoms with Crippen LogP contribution >= 0.6 is 0 Å². The van der Waals surface area contributed by atoms with Crippen molar-refractivity contribution in [2.75, 3.05) is 0 Å². The van der Waals surface area contributed by atoms with Gasteiger partial charge in [0, 0.05) is 16.5 Å². The zero-order valence-electron chi connectivity index (χ0n) is 8.53. The van der Waals surface area contributed by atoms with Crippen LogP contribution in [0, 0.1) is 6.92 Å². The van der Waals surface area contributed by atoms with Gasteiger partial charge in [0.25, 0.3) is 0 Å². The van der Waals surface area contributed by atoms with Crippen LogP contribution < -0.4 is 5.63 Å². The first-order chi connectivity index (χ1) is 7.11. The Hall–Kier alpha value is -1.90. The molecule has 0 bridgehead atoms. The highest BCUT2D eigenvalue weighted by Gasteiger charge is 2.13. The van der Waals surface area contributed by atoms with Gasteiger partial charge >= 0.3 is 5.63 Å². The van der Waals surface area contributed by atoms with Crippen LogP contribution in [0.1, 0.15) is 22.8 Å². The molecule has 15 heavy (non-hydrogen) atoms. The Morgan fingerprint density at radius 2 is 1.93 bits per heavy atom.